The summed E-state index contributed by atoms with van der Waals surface area (Å²) in [5.74, 6) is -0.749. The Labute approximate surface area is 80.0 Å². The van der Waals surface area contributed by atoms with Crippen LogP contribution in [0.2, 0.25) is 0 Å². The molecule has 0 saturated carbocycles. The van der Waals surface area contributed by atoms with Gasteiger partial charge in [-0.1, -0.05) is 0 Å². The average molecular weight is 195 g/mol. The number of esters is 1. The van der Waals surface area contributed by atoms with Crippen LogP contribution in [0, 0.1) is 0 Å². The van der Waals surface area contributed by atoms with Crippen LogP contribution in [0.25, 0.3) is 0 Å². The molecule has 2 N–H and O–H groups in total. The number of carbonyl (C=O) groups excluding carboxylic acids is 2. The lowest BCUT2D eigenvalue weighted by Gasteiger charge is -2.20. The predicted molar refractivity (Wildman–Crippen MR) is 45.9 cm³/mol. The largest absolute Gasteiger partial charge is 0.431 e. The first-order valence-electron chi connectivity index (χ1n) is 4.22. The second-order valence-electron chi connectivity index (χ2n) is 3.09. The SMILES string of the molecule is O=C1CC2=C(C=CNCC2=O)C(O)O1. The number of Topliss-reactive ketones (excluding diaryl/α,β-unsaturated/α-hetero) is 1. The van der Waals surface area contributed by atoms with Gasteiger partial charge in [0.15, 0.2) is 5.78 Å². The number of nitrogens with one attached hydrogen (secondary N) is 1. The maximum Gasteiger partial charge on any atom is 0.312 e. The fraction of sp³-hybridized carbons (Fsp3) is 0.333. The van der Waals surface area contributed by atoms with Crippen molar-refractivity contribution in [2.24, 2.45) is 0 Å². The monoisotopic (exact) mass is 195 g/mol. The van der Waals surface area contributed by atoms with Gasteiger partial charge in [-0.25, -0.2) is 0 Å². The van der Waals surface area contributed by atoms with Crippen LogP contribution in [-0.4, -0.2) is 29.7 Å². The summed E-state index contributed by atoms with van der Waals surface area (Å²) >= 11 is 0. The molecule has 0 bridgehead atoms. The van der Waals surface area contributed by atoms with Gasteiger partial charge < -0.3 is 15.2 Å². The Morgan fingerprint density at radius 2 is 2.29 bits per heavy atom. The molecular formula is C9H9NO4. The maximum atomic E-state index is 11.5. The van der Waals surface area contributed by atoms with E-state index >= 15 is 0 Å². The Balaban J connectivity index is 2.43. The molecule has 1 unspecified atom stereocenters. The van der Waals surface area contributed by atoms with E-state index in [2.05, 4.69) is 10.1 Å². The first-order valence-corrected chi connectivity index (χ1v) is 4.22. The van der Waals surface area contributed by atoms with Crippen molar-refractivity contribution in [3.05, 3.63) is 23.4 Å². The fourth-order valence-corrected chi connectivity index (χ4v) is 1.47. The first-order chi connectivity index (χ1) is 6.68. The van der Waals surface area contributed by atoms with Gasteiger partial charge in [0.1, 0.15) is 0 Å². The lowest BCUT2D eigenvalue weighted by atomic mass is 9.99. The highest BCUT2D eigenvalue weighted by Crippen LogP contribution is 2.23. The normalized spacial score (nSPS) is 26.5. The minimum atomic E-state index is -1.31. The van der Waals surface area contributed by atoms with Crippen LogP contribution in [0.1, 0.15) is 6.42 Å². The van der Waals surface area contributed by atoms with Gasteiger partial charge >= 0.3 is 5.97 Å². The van der Waals surface area contributed by atoms with Crippen LogP contribution in [0.15, 0.2) is 23.4 Å². The highest BCUT2D eigenvalue weighted by Gasteiger charge is 2.30. The number of hydrogen-bond donors (Lipinski definition) is 2. The van der Waals surface area contributed by atoms with Crippen molar-refractivity contribution in [2.45, 2.75) is 12.7 Å². The molecule has 0 radical (unpaired) electrons. The summed E-state index contributed by atoms with van der Waals surface area (Å²) < 4.78 is 4.59. The molecule has 0 aromatic carbocycles. The Morgan fingerprint density at radius 1 is 1.50 bits per heavy atom. The van der Waals surface area contributed by atoms with E-state index in [9.17, 15) is 14.7 Å². The number of cyclic esters (lactones) is 1. The topological polar surface area (TPSA) is 75.6 Å². The van der Waals surface area contributed by atoms with Crippen molar-refractivity contribution in [2.75, 3.05) is 6.54 Å². The minimum Gasteiger partial charge on any atom is -0.431 e. The van der Waals surface area contributed by atoms with Crippen molar-refractivity contribution in [1.29, 1.82) is 0 Å². The molecule has 0 fully saturated rings. The van der Waals surface area contributed by atoms with Gasteiger partial charge in [0.05, 0.1) is 13.0 Å². The Hall–Kier alpha value is -1.62. The number of carbonyl (C=O) groups is 2. The van der Waals surface area contributed by atoms with Gasteiger partial charge in [0.2, 0.25) is 6.29 Å². The highest BCUT2D eigenvalue weighted by atomic mass is 16.6. The second-order valence-corrected chi connectivity index (χ2v) is 3.09. The van der Waals surface area contributed by atoms with Crippen LogP contribution in [-0.2, 0) is 14.3 Å². The molecule has 74 valence electrons. The van der Waals surface area contributed by atoms with Crippen molar-refractivity contribution >= 4 is 11.8 Å². The van der Waals surface area contributed by atoms with Gasteiger partial charge in [0, 0.05) is 11.1 Å². The standard InChI is InChI=1S/C9H9NO4/c11-7-4-10-2-1-5-6(7)3-8(12)14-9(5)13/h1-2,9-10,13H,3-4H2. The molecule has 2 aliphatic rings. The van der Waals surface area contributed by atoms with Gasteiger partial charge in [-0.15, -0.1) is 0 Å². The molecule has 1 atom stereocenters. The van der Waals surface area contributed by atoms with Crippen LogP contribution in [0.3, 0.4) is 0 Å². The molecule has 14 heavy (non-hydrogen) atoms. The van der Waals surface area contributed by atoms with Crippen LogP contribution in [0.4, 0.5) is 0 Å². The summed E-state index contributed by atoms with van der Waals surface area (Å²) in [6.07, 6.45) is 1.74. The molecule has 0 saturated heterocycles. The molecule has 5 heteroatoms. The molecule has 5 nitrogen and oxygen atoms in total. The molecule has 2 aliphatic heterocycles. The van der Waals surface area contributed by atoms with Crippen molar-refractivity contribution in [3.8, 4) is 0 Å². The first kappa shape index (κ1) is 8.96. The second kappa shape index (κ2) is 3.26. The molecule has 2 heterocycles. The fourth-order valence-electron chi connectivity index (χ4n) is 1.47. The zero-order valence-corrected chi connectivity index (χ0v) is 7.32. The summed E-state index contributed by atoms with van der Waals surface area (Å²) in [4.78, 5) is 22.4. The minimum absolute atomic E-state index is 0.0583. The maximum absolute atomic E-state index is 11.5. The zero-order valence-electron chi connectivity index (χ0n) is 7.32. The zero-order chi connectivity index (χ0) is 10.1. The summed E-state index contributed by atoms with van der Waals surface area (Å²) in [5.41, 5.74) is 0.717. The van der Waals surface area contributed by atoms with Crippen molar-refractivity contribution in [3.63, 3.8) is 0 Å². The van der Waals surface area contributed by atoms with Gasteiger partial charge in [-0.2, -0.15) is 0 Å². The van der Waals surface area contributed by atoms with E-state index in [4.69, 9.17) is 0 Å². The van der Waals surface area contributed by atoms with Gasteiger partial charge in [-0.3, -0.25) is 9.59 Å². The van der Waals surface area contributed by atoms with E-state index in [0.29, 0.717) is 11.1 Å². The average Bonchev–Trinajstić information content (AvgIpc) is 2.29. The highest BCUT2D eigenvalue weighted by molar-refractivity contribution is 6.02. The smallest absolute Gasteiger partial charge is 0.312 e. The number of rotatable bonds is 0. The third-order valence-corrected chi connectivity index (χ3v) is 2.16. The summed E-state index contributed by atoms with van der Waals surface area (Å²) in [5, 5.41) is 12.1. The lowest BCUT2D eigenvalue weighted by molar-refractivity contribution is -0.163. The quantitative estimate of drug-likeness (QED) is 0.496. The van der Waals surface area contributed by atoms with E-state index in [1.807, 2.05) is 0 Å². The van der Waals surface area contributed by atoms with Crippen molar-refractivity contribution in [1.82, 2.24) is 5.32 Å². The molecule has 0 spiro atoms. The molecule has 0 aromatic rings. The van der Waals surface area contributed by atoms with Crippen LogP contribution >= 0.6 is 0 Å². The van der Waals surface area contributed by atoms with E-state index in [1.54, 1.807) is 12.3 Å². The molecule has 0 amide bonds. The summed E-state index contributed by atoms with van der Waals surface area (Å²) in [7, 11) is 0. The third-order valence-electron chi connectivity index (χ3n) is 2.16. The van der Waals surface area contributed by atoms with Crippen LogP contribution in [0.5, 0.6) is 0 Å². The third kappa shape index (κ3) is 1.42. The van der Waals surface area contributed by atoms with Gasteiger partial charge in [-0.05, 0) is 12.3 Å². The van der Waals surface area contributed by atoms with Crippen LogP contribution < -0.4 is 5.32 Å². The number of hydrogen-bond acceptors (Lipinski definition) is 5. The Bertz CT molecular complexity index is 356. The molecule has 0 aromatic heterocycles. The van der Waals surface area contributed by atoms with E-state index < -0.39 is 12.3 Å². The number of aliphatic hydroxyl groups excluding tert-OH is 1. The van der Waals surface area contributed by atoms with Crippen molar-refractivity contribution < 1.29 is 19.4 Å². The van der Waals surface area contributed by atoms with E-state index in [1.165, 1.54) is 0 Å². The lowest BCUT2D eigenvalue weighted by Crippen LogP contribution is -2.29. The van der Waals surface area contributed by atoms with E-state index in [0.717, 1.165) is 0 Å². The summed E-state index contributed by atoms with van der Waals surface area (Å²) in [6, 6.07) is 0. The molecular weight excluding hydrogens is 186 g/mol. The number of ether oxygens (including phenoxy) is 1. The molecule has 0 aliphatic carbocycles. The summed E-state index contributed by atoms with van der Waals surface area (Å²) in [6.45, 7) is 0.148. The number of ketones is 1. The number of aliphatic hydroxyl groups is 1. The van der Waals surface area contributed by atoms with Gasteiger partial charge in [0.25, 0.3) is 0 Å². The Kier molecular flexibility index (Phi) is 2.09. The predicted octanol–water partition coefficient (Wildman–Crippen LogP) is -0.766. The Morgan fingerprint density at radius 3 is 3.07 bits per heavy atom. The molecule has 2 rings (SSSR count). The van der Waals surface area contributed by atoms with E-state index in [-0.39, 0.29) is 18.7 Å².